The van der Waals surface area contributed by atoms with Crippen LogP contribution in [0.5, 0.6) is 5.75 Å². The zero-order chi connectivity index (χ0) is 14.5. The summed E-state index contributed by atoms with van der Waals surface area (Å²) in [6, 6.07) is 3.18. The van der Waals surface area contributed by atoms with E-state index in [-0.39, 0.29) is 11.8 Å². The van der Waals surface area contributed by atoms with Gasteiger partial charge in [0.25, 0.3) is 0 Å². The zero-order valence-electron chi connectivity index (χ0n) is 12.1. The van der Waals surface area contributed by atoms with E-state index in [0.717, 1.165) is 31.7 Å². The molecule has 4 nitrogen and oxygen atoms in total. The summed E-state index contributed by atoms with van der Waals surface area (Å²) in [6.07, 6.45) is 1.87. The Morgan fingerprint density at radius 3 is 3.00 bits per heavy atom. The van der Waals surface area contributed by atoms with E-state index < -0.39 is 5.82 Å². The number of ether oxygens (including phenoxy) is 2. The summed E-state index contributed by atoms with van der Waals surface area (Å²) in [5, 5.41) is 3.34. The second-order valence-electron chi connectivity index (χ2n) is 5.28. The van der Waals surface area contributed by atoms with Crippen molar-refractivity contribution >= 4 is 11.4 Å². The molecule has 2 unspecified atom stereocenters. The molecule has 0 bridgehead atoms. The minimum atomic E-state index is -0.418. The van der Waals surface area contributed by atoms with E-state index in [1.54, 1.807) is 6.07 Å². The van der Waals surface area contributed by atoms with Crippen LogP contribution < -0.4 is 15.8 Å². The molecule has 20 heavy (non-hydrogen) atoms. The molecule has 2 atom stereocenters. The largest absolute Gasteiger partial charge is 0.490 e. The predicted molar refractivity (Wildman–Crippen MR) is 78.6 cm³/mol. The fourth-order valence-electron chi connectivity index (χ4n) is 2.33. The normalized spacial score (nSPS) is 19.9. The number of hydrogen-bond acceptors (Lipinski definition) is 4. The number of nitrogens with one attached hydrogen (secondary N) is 1. The first-order chi connectivity index (χ1) is 9.61. The van der Waals surface area contributed by atoms with Crippen molar-refractivity contribution in [3.05, 3.63) is 17.9 Å². The maximum absolute atomic E-state index is 13.7. The van der Waals surface area contributed by atoms with Crippen molar-refractivity contribution in [3.63, 3.8) is 0 Å². The lowest BCUT2D eigenvalue weighted by Gasteiger charge is -2.22. The average Bonchev–Trinajstić information content (AvgIpc) is 2.94. The molecule has 3 N–H and O–H groups in total. The maximum Gasteiger partial charge on any atom is 0.167 e. The number of nitrogen functional groups attached to an aromatic ring is 1. The first-order valence-corrected chi connectivity index (χ1v) is 7.18. The van der Waals surface area contributed by atoms with Crippen LogP contribution in [0, 0.1) is 11.7 Å². The van der Waals surface area contributed by atoms with E-state index in [1.165, 1.54) is 6.07 Å². The summed E-state index contributed by atoms with van der Waals surface area (Å²) in [5.41, 5.74) is 7.00. The Morgan fingerprint density at radius 1 is 1.55 bits per heavy atom. The predicted octanol–water partition coefficient (Wildman–Crippen LogP) is 3.03. The van der Waals surface area contributed by atoms with Crippen molar-refractivity contribution in [1.29, 1.82) is 0 Å². The lowest BCUT2D eigenvalue weighted by Crippen LogP contribution is -2.26. The number of benzene rings is 1. The molecule has 1 aromatic carbocycles. The Bertz CT molecular complexity index is 448. The topological polar surface area (TPSA) is 56.5 Å². The first kappa shape index (κ1) is 14.9. The van der Waals surface area contributed by atoms with Crippen LogP contribution in [0.4, 0.5) is 15.8 Å². The van der Waals surface area contributed by atoms with Gasteiger partial charge in [-0.25, -0.2) is 4.39 Å². The van der Waals surface area contributed by atoms with Crippen molar-refractivity contribution in [1.82, 2.24) is 0 Å². The van der Waals surface area contributed by atoms with Gasteiger partial charge in [0.2, 0.25) is 0 Å². The third kappa shape index (κ3) is 3.54. The van der Waals surface area contributed by atoms with Gasteiger partial charge in [-0.1, -0.05) is 6.92 Å². The van der Waals surface area contributed by atoms with Crippen molar-refractivity contribution in [2.24, 2.45) is 5.92 Å². The van der Waals surface area contributed by atoms with Gasteiger partial charge in [-0.3, -0.25) is 0 Å². The van der Waals surface area contributed by atoms with Crippen molar-refractivity contribution < 1.29 is 13.9 Å². The summed E-state index contributed by atoms with van der Waals surface area (Å²) in [6.45, 7) is 6.13. The Hall–Kier alpha value is -1.49. The fourth-order valence-corrected chi connectivity index (χ4v) is 2.33. The zero-order valence-corrected chi connectivity index (χ0v) is 12.1. The van der Waals surface area contributed by atoms with Crippen molar-refractivity contribution in [3.8, 4) is 5.75 Å². The molecule has 0 aromatic heterocycles. The number of rotatable bonds is 6. The molecule has 0 radical (unpaired) electrons. The molecule has 0 saturated carbocycles. The summed E-state index contributed by atoms with van der Waals surface area (Å²) in [7, 11) is 0. The van der Waals surface area contributed by atoms with Gasteiger partial charge in [-0.15, -0.1) is 0 Å². The van der Waals surface area contributed by atoms with Gasteiger partial charge in [0, 0.05) is 30.7 Å². The van der Waals surface area contributed by atoms with Crippen LogP contribution >= 0.6 is 0 Å². The van der Waals surface area contributed by atoms with Gasteiger partial charge in [0.15, 0.2) is 11.6 Å². The molecule has 1 aromatic rings. The van der Waals surface area contributed by atoms with Crippen LogP contribution in [-0.2, 0) is 4.74 Å². The van der Waals surface area contributed by atoms with Crippen molar-refractivity contribution in [2.45, 2.75) is 32.7 Å². The van der Waals surface area contributed by atoms with Crippen LogP contribution in [0.25, 0.3) is 0 Å². The third-order valence-electron chi connectivity index (χ3n) is 3.62. The van der Waals surface area contributed by atoms with Crippen LogP contribution in [0.15, 0.2) is 12.1 Å². The molecule has 2 rings (SSSR count). The molecule has 1 aliphatic heterocycles. The quantitative estimate of drug-likeness (QED) is 0.787. The number of anilines is 2. The molecule has 1 saturated heterocycles. The van der Waals surface area contributed by atoms with Gasteiger partial charge in [-0.2, -0.15) is 0 Å². The summed E-state index contributed by atoms with van der Waals surface area (Å²) < 4.78 is 24.5. The highest BCUT2D eigenvalue weighted by atomic mass is 19.1. The molecular weight excluding hydrogens is 259 g/mol. The van der Waals surface area contributed by atoms with Gasteiger partial charge in [0.1, 0.15) is 0 Å². The Morgan fingerprint density at radius 2 is 2.35 bits per heavy atom. The number of halogens is 1. The van der Waals surface area contributed by atoms with Crippen molar-refractivity contribution in [2.75, 3.05) is 30.9 Å². The van der Waals surface area contributed by atoms with E-state index in [9.17, 15) is 4.39 Å². The highest BCUT2D eigenvalue weighted by molar-refractivity contribution is 5.69. The molecule has 0 spiro atoms. The van der Waals surface area contributed by atoms with Crippen LogP contribution in [0.2, 0.25) is 0 Å². The Kier molecular flexibility index (Phi) is 5.06. The van der Waals surface area contributed by atoms with E-state index in [1.807, 2.05) is 6.92 Å². The molecule has 5 heteroatoms. The van der Waals surface area contributed by atoms with Crippen LogP contribution in [0.3, 0.4) is 0 Å². The van der Waals surface area contributed by atoms with Gasteiger partial charge >= 0.3 is 0 Å². The summed E-state index contributed by atoms with van der Waals surface area (Å²) in [4.78, 5) is 0. The summed E-state index contributed by atoms with van der Waals surface area (Å²) in [5.74, 6) is 0.288. The monoisotopic (exact) mass is 282 g/mol. The smallest absolute Gasteiger partial charge is 0.167 e. The minimum absolute atomic E-state index is 0.226. The molecular formula is C15H23FN2O2. The first-order valence-electron chi connectivity index (χ1n) is 7.18. The van der Waals surface area contributed by atoms with Crippen LogP contribution in [0.1, 0.15) is 26.7 Å². The minimum Gasteiger partial charge on any atom is -0.490 e. The Balaban J connectivity index is 2.09. The molecule has 0 amide bonds. The fraction of sp³-hybridized carbons (Fsp3) is 0.600. The second kappa shape index (κ2) is 6.79. The van der Waals surface area contributed by atoms with Crippen LogP contribution in [-0.4, -0.2) is 25.9 Å². The Labute approximate surface area is 119 Å². The molecule has 1 aliphatic rings. The third-order valence-corrected chi connectivity index (χ3v) is 3.62. The maximum atomic E-state index is 13.7. The lowest BCUT2D eigenvalue weighted by molar-refractivity contribution is 0.183. The second-order valence-corrected chi connectivity index (χ2v) is 5.28. The lowest BCUT2D eigenvalue weighted by atomic mass is 10.0. The molecule has 1 fully saturated rings. The molecule has 0 aliphatic carbocycles. The number of nitrogens with two attached hydrogens (primary N) is 1. The highest BCUT2D eigenvalue weighted by Gasteiger charge is 2.23. The molecule has 112 valence electrons. The SMILES string of the molecule is CCCOc1cc(NC(C)C2CCOC2)c(N)cc1F. The van der Waals surface area contributed by atoms with Gasteiger partial charge in [0.05, 0.1) is 24.6 Å². The average molecular weight is 282 g/mol. The van der Waals surface area contributed by atoms with E-state index in [4.69, 9.17) is 15.2 Å². The van der Waals surface area contributed by atoms with Gasteiger partial charge in [-0.05, 0) is 19.8 Å². The summed E-state index contributed by atoms with van der Waals surface area (Å²) >= 11 is 0. The van der Waals surface area contributed by atoms with Gasteiger partial charge < -0.3 is 20.5 Å². The van der Waals surface area contributed by atoms with E-state index in [0.29, 0.717) is 18.2 Å². The standard InChI is InChI=1S/C15H23FN2O2/c1-3-5-20-15-8-14(13(17)7-12(15)16)18-10(2)11-4-6-19-9-11/h7-8,10-11,18H,3-6,9,17H2,1-2H3. The highest BCUT2D eigenvalue weighted by Crippen LogP contribution is 2.30. The van der Waals surface area contributed by atoms with E-state index in [2.05, 4.69) is 12.2 Å². The molecule has 1 heterocycles. The number of hydrogen-bond donors (Lipinski definition) is 2. The van der Waals surface area contributed by atoms with E-state index >= 15 is 0 Å².